The van der Waals surface area contributed by atoms with Gasteiger partial charge in [-0.2, -0.15) is 13.2 Å². The minimum atomic E-state index is -5.55. The highest BCUT2D eigenvalue weighted by molar-refractivity contribution is 7.93. The van der Waals surface area contributed by atoms with Crippen LogP contribution in [0.2, 0.25) is 4.34 Å². The second-order valence-corrected chi connectivity index (χ2v) is 9.47. The first-order valence-electron chi connectivity index (χ1n) is 8.45. The first kappa shape index (κ1) is 23.9. The van der Waals surface area contributed by atoms with Gasteiger partial charge in [-0.05, 0) is 18.2 Å². The van der Waals surface area contributed by atoms with Crippen LogP contribution >= 0.6 is 22.9 Å². The molecule has 2 N–H and O–H groups in total. The van der Waals surface area contributed by atoms with E-state index in [0.29, 0.717) is 17.4 Å². The number of rotatable bonds is 6. The number of anilines is 1. The van der Waals surface area contributed by atoms with Crippen LogP contribution in [0.1, 0.15) is 21.5 Å². The third kappa shape index (κ3) is 5.16. The van der Waals surface area contributed by atoms with Gasteiger partial charge in [0.15, 0.2) is 10.9 Å². The molecule has 14 heteroatoms. The number of alkyl halides is 3. The van der Waals surface area contributed by atoms with E-state index in [1.54, 1.807) is 10.8 Å². The van der Waals surface area contributed by atoms with Crippen LogP contribution in [-0.2, 0) is 22.7 Å². The van der Waals surface area contributed by atoms with E-state index in [-0.39, 0.29) is 15.0 Å². The molecule has 1 aromatic heterocycles. The van der Waals surface area contributed by atoms with E-state index in [9.17, 15) is 35.2 Å². The molecule has 0 radical (unpaired) electrons. The largest absolute Gasteiger partial charge is 0.422 e. The highest BCUT2D eigenvalue weighted by Crippen LogP contribution is 2.38. The van der Waals surface area contributed by atoms with Crippen LogP contribution < -0.4 is 10.0 Å². The molecule has 0 fully saturated rings. The van der Waals surface area contributed by atoms with Gasteiger partial charge in [-0.1, -0.05) is 41.1 Å². The van der Waals surface area contributed by atoms with E-state index in [2.05, 4.69) is 10.3 Å². The number of hydrogen-bond acceptors (Lipinski definition) is 5. The summed E-state index contributed by atoms with van der Waals surface area (Å²) in [6, 6.07) is 7.84. The van der Waals surface area contributed by atoms with Crippen molar-refractivity contribution in [3.63, 3.8) is 0 Å². The van der Waals surface area contributed by atoms with E-state index >= 15 is 0 Å². The average Bonchev–Trinajstić information content (AvgIpc) is 3.10. The van der Waals surface area contributed by atoms with Gasteiger partial charge in [-0.25, -0.2) is 22.2 Å². The standard InChI is InChI=1S/C18H11ClF5N3O3S2/c19-12-8-26-17(31-12)27-32(29,30)11-6-10(14(20)13(15(11)21)18(22,23)24)7-25-16(28)9-4-2-1-3-5-9/h1-6,8H,7H2,(H,25,28)(H,26,27). The van der Waals surface area contributed by atoms with Crippen molar-refractivity contribution in [3.05, 3.63) is 75.3 Å². The Hall–Kier alpha value is -2.77. The smallest absolute Gasteiger partial charge is 0.348 e. The number of aromatic nitrogens is 1. The lowest BCUT2D eigenvalue weighted by molar-refractivity contribution is -0.142. The lowest BCUT2D eigenvalue weighted by Gasteiger charge is -2.16. The molecule has 6 nitrogen and oxygen atoms in total. The summed E-state index contributed by atoms with van der Waals surface area (Å²) in [6.45, 7) is -0.839. The fraction of sp³-hybridized carbons (Fsp3) is 0.111. The summed E-state index contributed by atoms with van der Waals surface area (Å²) in [5.74, 6) is -5.13. The van der Waals surface area contributed by atoms with Crippen LogP contribution in [0.5, 0.6) is 0 Å². The van der Waals surface area contributed by atoms with Crippen LogP contribution in [0, 0.1) is 11.6 Å². The molecule has 0 atom stereocenters. The Morgan fingerprint density at radius 2 is 1.78 bits per heavy atom. The van der Waals surface area contributed by atoms with Gasteiger partial charge in [0.2, 0.25) is 0 Å². The molecule has 2 aromatic carbocycles. The Morgan fingerprint density at radius 3 is 2.34 bits per heavy atom. The fourth-order valence-electron chi connectivity index (χ4n) is 2.58. The van der Waals surface area contributed by atoms with Gasteiger partial charge < -0.3 is 5.32 Å². The number of sulfonamides is 1. The topological polar surface area (TPSA) is 88.2 Å². The third-order valence-electron chi connectivity index (χ3n) is 3.99. The fourth-order valence-corrected chi connectivity index (χ4v) is 4.76. The number of thiazole rings is 1. The third-order valence-corrected chi connectivity index (χ3v) is 6.49. The number of halogens is 6. The molecule has 0 saturated heterocycles. The summed E-state index contributed by atoms with van der Waals surface area (Å²) >= 11 is 6.26. The number of carbonyl (C=O) groups excluding carboxylic acids is 1. The number of benzene rings is 2. The first-order valence-corrected chi connectivity index (χ1v) is 11.1. The molecule has 1 amide bonds. The molecule has 0 unspecified atom stereocenters. The monoisotopic (exact) mass is 511 g/mol. The van der Waals surface area contributed by atoms with Crippen molar-refractivity contribution < 1.29 is 35.2 Å². The highest BCUT2D eigenvalue weighted by atomic mass is 35.5. The molecule has 32 heavy (non-hydrogen) atoms. The predicted octanol–water partition coefficient (Wildman–Crippen LogP) is 4.82. The van der Waals surface area contributed by atoms with Crippen molar-refractivity contribution in [2.24, 2.45) is 0 Å². The molecule has 0 saturated carbocycles. The zero-order valence-corrected chi connectivity index (χ0v) is 17.9. The van der Waals surface area contributed by atoms with Gasteiger partial charge in [0.1, 0.15) is 20.6 Å². The molecule has 0 aliphatic heterocycles. The van der Waals surface area contributed by atoms with Crippen molar-refractivity contribution in [1.29, 1.82) is 0 Å². The number of nitrogens with zero attached hydrogens (tertiary/aromatic N) is 1. The van der Waals surface area contributed by atoms with E-state index in [1.165, 1.54) is 24.3 Å². The predicted molar refractivity (Wildman–Crippen MR) is 107 cm³/mol. The van der Waals surface area contributed by atoms with Gasteiger partial charge in [0.25, 0.3) is 15.9 Å². The van der Waals surface area contributed by atoms with Crippen molar-refractivity contribution in [3.8, 4) is 0 Å². The summed E-state index contributed by atoms with van der Waals surface area (Å²) in [7, 11) is -4.96. The summed E-state index contributed by atoms with van der Waals surface area (Å²) in [4.78, 5) is 14.2. The molecule has 3 rings (SSSR count). The Kier molecular flexibility index (Phi) is 6.72. The van der Waals surface area contributed by atoms with Gasteiger partial charge in [-0.15, -0.1) is 0 Å². The maximum absolute atomic E-state index is 14.6. The molecule has 0 spiro atoms. The molecule has 0 aliphatic rings. The molecular weight excluding hydrogens is 501 g/mol. The van der Waals surface area contributed by atoms with Gasteiger partial charge in [0.05, 0.1) is 6.20 Å². The van der Waals surface area contributed by atoms with Crippen molar-refractivity contribution in [1.82, 2.24) is 10.3 Å². The summed E-state index contributed by atoms with van der Waals surface area (Å²) < 4.78 is 96.0. The number of amides is 1. The quantitative estimate of drug-likeness (QED) is 0.464. The molecule has 3 aromatic rings. The lowest BCUT2D eigenvalue weighted by Crippen LogP contribution is -2.26. The van der Waals surface area contributed by atoms with Crippen LogP contribution in [0.25, 0.3) is 0 Å². The summed E-state index contributed by atoms with van der Waals surface area (Å²) in [5, 5.41) is 1.83. The van der Waals surface area contributed by atoms with E-state index in [4.69, 9.17) is 11.6 Å². The second-order valence-electron chi connectivity index (χ2n) is 6.16. The van der Waals surface area contributed by atoms with Crippen molar-refractivity contribution in [2.75, 3.05) is 4.72 Å². The number of carbonyl (C=O) groups is 1. The zero-order chi connectivity index (χ0) is 23.7. The minimum absolute atomic E-state index is 0.0579. The molecule has 0 bridgehead atoms. The van der Waals surface area contributed by atoms with E-state index in [1.807, 2.05) is 0 Å². The highest BCUT2D eigenvalue weighted by Gasteiger charge is 2.42. The van der Waals surface area contributed by atoms with Crippen LogP contribution in [0.4, 0.5) is 27.1 Å². The van der Waals surface area contributed by atoms with Gasteiger partial charge >= 0.3 is 6.18 Å². The van der Waals surface area contributed by atoms with Crippen LogP contribution in [0.3, 0.4) is 0 Å². The van der Waals surface area contributed by atoms with E-state index < -0.39 is 56.3 Å². The SMILES string of the molecule is O=C(NCc1cc(S(=O)(=O)Nc2ncc(Cl)s2)c(F)c(C(F)(F)F)c1F)c1ccccc1. The van der Waals surface area contributed by atoms with Crippen molar-refractivity contribution >= 4 is 44.0 Å². The Bertz CT molecular complexity index is 1260. The molecule has 1 heterocycles. The van der Waals surface area contributed by atoms with Crippen LogP contribution in [0.15, 0.2) is 47.5 Å². The minimum Gasteiger partial charge on any atom is -0.348 e. The average molecular weight is 512 g/mol. The summed E-state index contributed by atoms with van der Waals surface area (Å²) in [6.07, 6.45) is -4.49. The Balaban J connectivity index is 2.03. The first-order chi connectivity index (χ1) is 14.9. The Labute approximate surface area is 187 Å². The molecular formula is C18H11ClF5N3O3S2. The second kappa shape index (κ2) is 9.00. The maximum Gasteiger partial charge on any atom is 0.422 e. The lowest BCUT2D eigenvalue weighted by atomic mass is 10.1. The van der Waals surface area contributed by atoms with Gasteiger partial charge in [0, 0.05) is 17.7 Å². The molecule has 170 valence electrons. The van der Waals surface area contributed by atoms with Crippen LogP contribution in [-0.4, -0.2) is 19.3 Å². The zero-order valence-electron chi connectivity index (χ0n) is 15.5. The Morgan fingerprint density at radius 1 is 1.12 bits per heavy atom. The number of hydrogen-bond donors (Lipinski definition) is 2. The summed E-state index contributed by atoms with van der Waals surface area (Å²) in [5.41, 5.74) is -3.16. The maximum atomic E-state index is 14.6. The van der Waals surface area contributed by atoms with Gasteiger partial charge in [-0.3, -0.25) is 9.52 Å². The number of nitrogens with one attached hydrogen (secondary N) is 2. The normalized spacial score (nSPS) is 11.9. The van der Waals surface area contributed by atoms with Crippen molar-refractivity contribution in [2.45, 2.75) is 17.6 Å². The molecule has 0 aliphatic carbocycles. The van der Waals surface area contributed by atoms with E-state index in [0.717, 1.165) is 6.20 Å².